The molecule has 3 heterocycles. The third-order valence-corrected chi connectivity index (χ3v) is 8.77. The van der Waals surface area contributed by atoms with Gasteiger partial charge in [0.05, 0.1) is 11.8 Å². The van der Waals surface area contributed by atoms with E-state index in [9.17, 15) is 22.8 Å². The SMILES string of the molecule is Cc1c(-c2ccc(Oc3ccc(C45CC(C4)C5)cc3)nc2)sc2c1c(=O)[nH]c(=O)n2CCC(F)(F)F. The number of pyridine rings is 1. The Balaban J connectivity index is 1.26. The molecule has 0 radical (unpaired) electrons. The molecule has 7 rings (SSSR count). The lowest BCUT2D eigenvalue weighted by Crippen LogP contribution is -2.55. The minimum absolute atomic E-state index is 0.209. The summed E-state index contributed by atoms with van der Waals surface area (Å²) < 4.78 is 45.2. The highest BCUT2D eigenvalue weighted by atomic mass is 32.1. The summed E-state index contributed by atoms with van der Waals surface area (Å²) in [6.45, 7) is 1.14. The van der Waals surface area contributed by atoms with E-state index in [0.29, 0.717) is 33.0 Å². The number of halogens is 3. The standard InChI is InChI=1S/C26H22F3N3O3S/c1-14-20-22(33)31-24(34)32(9-8-26(27,28)29)23(20)36-21(14)16-2-7-19(30-13-16)35-18-5-3-17(4-6-18)25-10-15(11-25)12-25/h2-7,13,15H,8-12H2,1H3,(H,31,33,34). The number of rotatable bonds is 6. The van der Waals surface area contributed by atoms with Gasteiger partial charge in [-0.15, -0.1) is 11.3 Å². The fourth-order valence-corrected chi connectivity index (χ4v) is 6.72. The Bertz CT molecular complexity index is 1570. The van der Waals surface area contributed by atoms with E-state index in [4.69, 9.17) is 4.74 Å². The lowest BCUT2D eigenvalue weighted by Gasteiger charge is -2.62. The molecule has 0 unspecified atom stereocenters. The highest BCUT2D eigenvalue weighted by Gasteiger charge is 2.57. The molecule has 2 bridgehead atoms. The number of nitrogens with zero attached hydrogens (tertiary/aromatic N) is 2. The molecular formula is C26H22F3N3O3S. The molecule has 10 heteroatoms. The van der Waals surface area contributed by atoms with E-state index >= 15 is 0 Å². The molecule has 3 aliphatic rings. The Morgan fingerprint density at radius 3 is 2.44 bits per heavy atom. The Morgan fingerprint density at radius 1 is 1.14 bits per heavy atom. The minimum Gasteiger partial charge on any atom is -0.439 e. The van der Waals surface area contributed by atoms with Crippen LogP contribution >= 0.6 is 11.3 Å². The third-order valence-electron chi connectivity index (χ3n) is 7.41. The minimum atomic E-state index is -4.42. The summed E-state index contributed by atoms with van der Waals surface area (Å²) in [5.41, 5.74) is 1.54. The van der Waals surface area contributed by atoms with Crippen molar-refractivity contribution in [1.29, 1.82) is 0 Å². The number of hydrogen-bond acceptors (Lipinski definition) is 5. The van der Waals surface area contributed by atoms with Crippen molar-refractivity contribution < 1.29 is 17.9 Å². The number of H-pyrrole nitrogens is 1. The summed E-state index contributed by atoms with van der Waals surface area (Å²) in [6.07, 6.45) is -0.132. The van der Waals surface area contributed by atoms with Crippen molar-refractivity contribution in [3.05, 3.63) is 74.6 Å². The number of aromatic nitrogens is 3. The van der Waals surface area contributed by atoms with Crippen molar-refractivity contribution in [2.75, 3.05) is 0 Å². The Labute approximate surface area is 207 Å². The molecule has 0 saturated heterocycles. The number of hydrogen-bond donors (Lipinski definition) is 1. The lowest BCUT2D eigenvalue weighted by atomic mass is 9.42. The molecule has 0 atom stereocenters. The van der Waals surface area contributed by atoms with E-state index in [2.05, 4.69) is 22.1 Å². The van der Waals surface area contributed by atoms with Gasteiger partial charge < -0.3 is 4.74 Å². The molecule has 3 aromatic heterocycles. The summed E-state index contributed by atoms with van der Waals surface area (Å²) in [5, 5.41) is 0.209. The van der Waals surface area contributed by atoms with Crippen LogP contribution in [0.25, 0.3) is 20.7 Å². The molecule has 186 valence electrons. The maximum Gasteiger partial charge on any atom is 0.390 e. The van der Waals surface area contributed by atoms with Gasteiger partial charge in [-0.2, -0.15) is 13.2 Å². The van der Waals surface area contributed by atoms with E-state index in [1.54, 1.807) is 25.3 Å². The van der Waals surface area contributed by atoms with Gasteiger partial charge in [0.2, 0.25) is 5.88 Å². The summed E-state index contributed by atoms with van der Waals surface area (Å²) in [7, 11) is 0. The fourth-order valence-electron chi connectivity index (χ4n) is 5.40. The molecule has 0 amide bonds. The van der Waals surface area contributed by atoms with Crippen molar-refractivity contribution in [2.45, 2.75) is 50.7 Å². The van der Waals surface area contributed by atoms with Crippen molar-refractivity contribution in [3.8, 4) is 22.1 Å². The van der Waals surface area contributed by atoms with E-state index in [0.717, 1.165) is 21.8 Å². The van der Waals surface area contributed by atoms with Crippen LogP contribution in [-0.4, -0.2) is 20.7 Å². The maximum absolute atomic E-state index is 12.8. The van der Waals surface area contributed by atoms with Crippen molar-refractivity contribution in [3.63, 3.8) is 0 Å². The number of aryl methyl sites for hydroxylation is 2. The van der Waals surface area contributed by atoms with Crippen LogP contribution in [-0.2, 0) is 12.0 Å². The van der Waals surface area contributed by atoms with Crippen LogP contribution in [0.1, 0.15) is 36.8 Å². The van der Waals surface area contributed by atoms with Crippen LogP contribution < -0.4 is 16.0 Å². The van der Waals surface area contributed by atoms with E-state index < -0.39 is 30.4 Å². The highest BCUT2D eigenvalue weighted by molar-refractivity contribution is 7.22. The first kappa shape index (κ1) is 23.0. The molecule has 1 aromatic carbocycles. The lowest BCUT2D eigenvalue weighted by molar-refractivity contribution is -0.136. The first-order chi connectivity index (χ1) is 17.1. The van der Waals surface area contributed by atoms with Gasteiger partial charge >= 0.3 is 11.9 Å². The van der Waals surface area contributed by atoms with Gasteiger partial charge in [-0.05, 0) is 66.8 Å². The molecule has 4 aromatic rings. The molecule has 3 fully saturated rings. The number of benzene rings is 1. The van der Waals surface area contributed by atoms with Gasteiger partial charge in [-0.3, -0.25) is 14.3 Å². The Hall–Kier alpha value is -3.40. The predicted octanol–water partition coefficient (Wildman–Crippen LogP) is 5.92. The highest BCUT2D eigenvalue weighted by Crippen LogP contribution is 2.65. The average molecular weight is 514 g/mol. The van der Waals surface area contributed by atoms with E-state index in [1.165, 1.54) is 24.8 Å². The van der Waals surface area contributed by atoms with Crippen LogP contribution in [0.2, 0.25) is 0 Å². The first-order valence-electron chi connectivity index (χ1n) is 11.7. The van der Waals surface area contributed by atoms with E-state index in [-0.39, 0.29) is 10.2 Å². The molecule has 6 nitrogen and oxygen atoms in total. The monoisotopic (exact) mass is 513 g/mol. The molecule has 1 N–H and O–H groups in total. The zero-order valence-electron chi connectivity index (χ0n) is 19.3. The second-order valence-electron chi connectivity index (χ2n) is 9.78. The van der Waals surface area contributed by atoms with Gasteiger partial charge in [-0.1, -0.05) is 12.1 Å². The van der Waals surface area contributed by atoms with Gasteiger partial charge in [0.25, 0.3) is 5.56 Å². The Morgan fingerprint density at radius 2 is 1.86 bits per heavy atom. The molecule has 36 heavy (non-hydrogen) atoms. The quantitative estimate of drug-likeness (QED) is 0.347. The maximum atomic E-state index is 12.8. The zero-order valence-corrected chi connectivity index (χ0v) is 20.1. The zero-order chi connectivity index (χ0) is 25.2. The molecule has 3 aliphatic carbocycles. The second kappa shape index (κ2) is 8.06. The van der Waals surface area contributed by atoms with Gasteiger partial charge in [0, 0.05) is 29.2 Å². The second-order valence-corrected chi connectivity index (χ2v) is 10.8. The number of nitrogens with one attached hydrogen (secondary N) is 1. The van der Waals surface area contributed by atoms with Crippen molar-refractivity contribution in [1.82, 2.24) is 14.5 Å². The fraction of sp³-hybridized carbons (Fsp3) is 0.346. The third kappa shape index (κ3) is 3.84. The number of thiophene rings is 1. The molecule has 0 spiro atoms. The predicted molar refractivity (Wildman–Crippen MR) is 131 cm³/mol. The molecule has 3 saturated carbocycles. The van der Waals surface area contributed by atoms with Crippen molar-refractivity contribution >= 4 is 21.6 Å². The van der Waals surface area contributed by atoms with Crippen LogP contribution in [0.4, 0.5) is 13.2 Å². The Kier molecular flexibility index (Phi) is 5.15. The van der Waals surface area contributed by atoms with E-state index in [1.807, 2.05) is 12.1 Å². The largest absolute Gasteiger partial charge is 0.439 e. The topological polar surface area (TPSA) is 77.0 Å². The summed E-state index contributed by atoms with van der Waals surface area (Å²) in [6, 6.07) is 11.6. The number of ether oxygens (including phenoxy) is 1. The van der Waals surface area contributed by atoms with Gasteiger partial charge in [-0.25, -0.2) is 9.78 Å². The van der Waals surface area contributed by atoms with Gasteiger partial charge in [0.15, 0.2) is 0 Å². The van der Waals surface area contributed by atoms with Crippen molar-refractivity contribution in [2.24, 2.45) is 5.92 Å². The average Bonchev–Trinajstić information content (AvgIpc) is 3.10. The number of alkyl halides is 3. The van der Waals surface area contributed by atoms with Gasteiger partial charge in [0.1, 0.15) is 10.6 Å². The summed E-state index contributed by atoms with van der Waals surface area (Å²) in [4.78, 5) is 32.1. The summed E-state index contributed by atoms with van der Waals surface area (Å²) >= 11 is 1.10. The summed E-state index contributed by atoms with van der Waals surface area (Å²) in [5.74, 6) is 2.00. The first-order valence-corrected chi connectivity index (χ1v) is 12.5. The number of fused-ring (bicyclic) bond motifs is 1. The van der Waals surface area contributed by atoms with Crippen LogP contribution in [0.15, 0.2) is 52.2 Å². The van der Waals surface area contributed by atoms with Crippen LogP contribution in [0.5, 0.6) is 11.6 Å². The normalized spacial score (nSPS) is 20.7. The van der Waals surface area contributed by atoms with Crippen LogP contribution in [0.3, 0.4) is 0 Å². The molecular weight excluding hydrogens is 491 g/mol. The molecule has 0 aliphatic heterocycles. The number of aromatic amines is 1. The van der Waals surface area contributed by atoms with Crippen LogP contribution in [0, 0.1) is 12.8 Å². The smallest absolute Gasteiger partial charge is 0.390 e.